The highest BCUT2D eigenvalue weighted by molar-refractivity contribution is 7.22. The van der Waals surface area contributed by atoms with Crippen molar-refractivity contribution in [2.45, 2.75) is 6.92 Å². The van der Waals surface area contributed by atoms with Crippen LogP contribution in [0.4, 0.5) is 5.13 Å². The lowest BCUT2D eigenvalue weighted by molar-refractivity contribution is 0.472. The monoisotopic (exact) mass is 370 g/mol. The Hall–Kier alpha value is -2.70. The number of aliphatic imine (C=N–C) groups is 1. The van der Waals surface area contributed by atoms with Gasteiger partial charge in [0.25, 0.3) is 0 Å². The Morgan fingerprint density at radius 3 is 2.88 bits per heavy atom. The highest BCUT2D eigenvalue weighted by atomic mass is 35.5. The number of thiazole rings is 1. The zero-order valence-corrected chi connectivity index (χ0v) is 14.6. The molecule has 0 spiro atoms. The van der Waals surface area contributed by atoms with Gasteiger partial charge < -0.3 is 9.52 Å². The number of hydrogen-bond acceptors (Lipinski definition) is 6. The molecule has 25 heavy (non-hydrogen) atoms. The maximum Gasteiger partial charge on any atom is 0.336 e. The van der Waals surface area contributed by atoms with E-state index in [2.05, 4.69) is 9.98 Å². The largest absolute Gasteiger partial charge is 0.507 e. The molecule has 0 saturated carbocycles. The Balaban J connectivity index is 1.89. The van der Waals surface area contributed by atoms with E-state index in [-0.39, 0.29) is 5.75 Å². The summed E-state index contributed by atoms with van der Waals surface area (Å²) in [4.78, 5) is 20.5. The molecule has 4 aromatic rings. The molecule has 7 heteroatoms. The second kappa shape index (κ2) is 5.98. The van der Waals surface area contributed by atoms with E-state index in [1.807, 2.05) is 12.1 Å². The molecule has 0 amide bonds. The van der Waals surface area contributed by atoms with E-state index in [0.29, 0.717) is 32.4 Å². The Bertz CT molecular complexity index is 1210. The summed E-state index contributed by atoms with van der Waals surface area (Å²) in [5, 5.41) is 12.1. The van der Waals surface area contributed by atoms with Crippen LogP contribution in [-0.2, 0) is 0 Å². The third kappa shape index (κ3) is 2.90. The molecule has 2 heterocycles. The summed E-state index contributed by atoms with van der Waals surface area (Å²) in [6.07, 6.45) is 0. The zero-order chi connectivity index (χ0) is 17.6. The number of aromatic hydroxyl groups is 1. The molecule has 0 saturated heterocycles. The molecule has 0 fully saturated rings. The lowest BCUT2D eigenvalue weighted by atomic mass is 10.1. The molecule has 0 unspecified atom stereocenters. The summed E-state index contributed by atoms with van der Waals surface area (Å²) < 4.78 is 6.20. The lowest BCUT2D eigenvalue weighted by Gasteiger charge is -2.06. The van der Waals surface area contributed by atoms with Gasteiger partial charge in [0, 0.05) is 16.5 Å². The van der Waals surface area contributed by atoms with E-state index in [1.54, 1.807) is 31.2 Å². The lowest BCUT2D eigenvalue weighted by Crippen LogP contribution is -2.01. The van der Waals surface area contributed by atoms with E-state index in [1.165, 1.54) is 17.4 Å². The van der Waals surface area contributed by atoms with E-state index in [4.69, 9.17) is 16.0 Å². The van der Waals surface area contributed by atoms with Crippen molar-refractivity contribution in [3.8, 4) is 5.75 Å². The molecular formula is C18H11ClN2O3S. The highest BCUT2D eigenvalue weighted by Gasteiger charge is 2.14. The summed E-state index contributed by atoms with van der Waals surface area (Å²) in [5.74, 6) is -0.00717. The first-order chi connectivity index (χ1) is 12.0. The average molecular weight is 371 g/mol. The van der Waals surface area contributed by atoms with Crippen LogP contribution in [0.2, 0.25) is 5.02 Å². The van der Waals surface area contributed by atoms with Gasteiger partial charge in [-0.1, -0.05) is 22.9 Å². The van der Waals surface area contributed by atoms with Gasteiger partial charge in [0.2, 0.25) is 5.13 Å². The number of halogens is 1. The highest BCUT2D eigenvalue weighted by Crippen LogP contribution is 2.32. The molecular weight excluding hydrogens is 360 g/mol. The normalized spacial score (nSPS) is 12.2. The van der Waals surface area contributed by atoms with Gasteiger partial charge in [0.1, 0.15) is 5.75 Å². The van der Waals surface area contributed by atoms with Crippen molar-refractivity contribution in [3.05, 3.63) is 63.5 Å². The van der Waals surface area contributed by atoms with Crippen molar-refractivity contribution in [2.75, 3.05) is 0 Å². The molecule has 0 radical (unpaired) electrons. The fraction of sp³-hybridized carbons (Fsp3) is 0.0556. The van der Waals surface area contributed by atoms with E-state index in [0.717, 1.165) is 10.2 Å². The number of benzene rings is 2. The van der Waals surface area contributed by atoms with Crippen molar-refractivity contribution < 1.29 is 9.52 Å². The third-order valence-corrected chi connectivity index (χ3v) is 4.88. The SMILES string of the molecule is CC(=Nc1nc2ccc(Cl)cc2s1)c1c(O)ccc2ccc(=O)oc12. The van der Waals surface area contributed by atoms with Crippen molar-refractivity contribution in [3.63, 3.8) is 0 Å². The van der Waals surface area contributed by atoms with Gasteiger partial charge in [-0.3, -0.25) is 0 Å². The van der Waals surface area contributed by atoms with Gasteiger partial charge >= 0.3 is 5.63 Å². The molecule has 124 valence electrons. The predicted octanol–water partition coefficient (Wildman–Crippen LogP) is 4.90. The van der Waals surface area contributed by atoms with Crippen LogP contribution in [0, 0.1) is 0 Å². The van der Waals surface area contributed by atoms with E-state index >= 15 is 0 Å². The summed E-state index contributed by atoms with van der Waals surface area (Å²) in [6.45, 7) is 1.74. The topological polar surface area (TPSA) is 75.7 Å². The van der Waals surface area contributed by atoms with Crippen LogP contribution in [-0.4, -0.2) is 15.8 Å². The Morgan fingerprint density at radius 2 is 2.04 bits per heavy atom. The second-order valence-corrected chi connectivity index (χ2v) is 6.88. The van der Waals surface area contributed by atoms with Crippen LogP contribution in [0.5, 0.6) is 5.75 Å². The minimum absolute atomic E-state index is 0.00717. The molecule has 2 aromatic heterocycles. The Morgan fingerprint density at radius 1 is 1.24 bits per heavy atom. The standard InChI is InChI=1S/C18H11ClN2O3S/c1-9(20-18-21-12-5-4-11(19)8-14(12)25-18)16-13(22)6-2-10-3-7-15(23)24-17(10)16/h2-8,22H,1H3. The van der Waals surface area contributed by atoms with Crippen LogP contribution < -0.4 is 5.63 Å². The third-order valence-electron chi connectivity index (χ3n) is 3.73. The van der Waals surface area contributed by atoms with Crippen molar-refractivity contribution in [1.29, 1.82) is 0 Å². The summed E-state index contributed by atoms with van der Waals surface area (Å²) >= 11 is 7.39. The van der Waals surface area contributed by atoms with E-state index < -0.39 is 5.63 Å². The Kier molecular flexibility index (Phi) is 3.78. The number of phenols is 1. The fourth-order valence-electron chi connectivity index (χ4n) is 2.61. The van der Waals surface area contributed by atoms with Crippen molar-refractivity contribution in [2.24, 2.45) is 4.99 Å². The predicted molar refractivity (Wildman–Crippen MR) is 101 cm³/mol. The maximum atomic E-state index is 11.6. The van der Waals surface area contributed by atoms with Crippen LogP contribution in [0.15, 0.2) is 56.7 Å². The molecule has 0 aliphatic heterocycles. The van der Waals surface area contributed by atoms with Gasteiger partial charge in [-0.2, -0.15) is 0 Å². The van der Waals surface area contributed by atoms with Crippen LogP contribution >= 0.6 is 22.9 Å². The van der Waals surface area contributed by atoms with Crippen molar-refractivity contribution in [1.82, 2.24) is 4.98 Å². The quantitative estimate of drug-likeness (QED) is 0.402. The average Bonchev–Trinajstić information content (AvgIpc) is 2.95. The molecule has 0 aliphatic rings. The minimum atomic E-state index is -0.484. The van der Waals surface area contributed by atoms with Gasteiger partial charge in [-0.25, -0.2) is 14.8 Å². The van der Waals surface area contributed by atoms with Crippen LogP contribution in [0.3, 0.4) is 0 Å². The maximum absolute atomic E-state index is 11.6. The van der Waals surface area contributed by atoms with Gasteiger partial charge in [0.05, 0.1) is 21.5 Å². The molecule has 0 aliphatic carbocycles. The number of nitrogens with zero attached hydrogens (tertiary/aromatic N) is 2. The number of rotatable bonds is 2. The second-order valence-electron chi connectivity index (χ2n) is 5.44. The first kappa shape index (κ1) is 15.8. The van der Waals surface area contributed by atoms with Crippen LogP contribution in [0.25, 0.3) is 21.2 Å². The molecule has 2 aromatic carbocycles. The molecule has 0 atom stereocenters. The number of phenolic OH excluding ortho intramolecular Hbond substituents is 1. The smallest absolute Gasteiger partial charge is 0.336 e. The Labute approximate surface area is 150 Å². The first-order valence-corrected chi connectivity index (χ1v) is 8.58. The van der Waals surface area contributed by atoms with Crippen LogP contribution in [0.1, 0.15) is 12.5 Å². The van der Waals surface area contributed by atoms with Gasteiger partial charge in [-0.15, -0.1) is 0 Å². The summed E-state index contributed by atoms with van der Waals surface area (Å²) in [6, 6.07) is 11.7. The molecule has 1 N–H and O–H groups in total. The number of aromatic nitrogens is 1. The summed E-state index contributed by atoms with van der Waals surface area (Å²) in [5.41, 5.74) is 1.50. The van der Waals surface area contributed by atoms with Gasteiger partial charge in [-0.05, 0) is 43.3 Å². The number of fused-ring (bicyclic) bond motifs is 2. The molecule has 4 rings (SSSR count). The molecule has 0 bridgehead atoms. The molecule has 5 nitrogen and oxygen atoms in total. The van der Waals surface area contributed by atoms with E-state index in [9.17, 15) is 9.90 Å². The fourth-order valence-corrected chi connectivity index (χ4v) is 3.77. The summed E-state index contributed by atoms with van der Waals surface area (Å²) in [7, 11) is 0. The van der Waals surface area contributed by atoms with Crippen molar-refractivity contribution >= 4 is 55.0 Å². The zero-order valence-electron chi connectivity index (χ0n) is 13.0. The number of hydrogen-bond donors (Lipinski definition) is 1. The van der Waals surface area contributed by atoms with Gasteiger partial charge in [0.15, 0.2) is 5.58 Å². The minimum Gasteiger partial charge on any atom is -0.507 e. The first-order valence-electron chi connectivity index (χ1n) is 7.39.